The van der Waals surface area contributed by atoms with Gasteiger partial charge in [0.15, 0.2) is 5.82 Å². The summed E-state index contributed by atoms with van der Waals surface area (Å²) in [7, 11) is 0. The van der Waals surface area contributed by atoms with E-state index in [4.69, 9.17) is 5.26 Å². The molecule has 3 rings (SSSR count). The highest BCUT2D eigenvalue weighted by Gasteiger charge is 2.13. The second kappa shape index (κ2) is 4.25. The number of aryl methyl sites for hydroxylation is 2. The van der Waals surface area contributed by atoms with Gasteiger partial charge in [-0.3, -0.25) is 4.68 Å². The van der Waals surface area contributed by atoms with Gasteiger partial charge in [0, 0.05) is 6.54 Å². The van der Waals surface area contributed by atoms with Gasteiger partial charge in [0.2, 0.25) is 0 Å². The minimum atomic E-state index is 0.583. The summed E-state index contributed by atoms with van der Waals surface area (Å²) in [5.41, 5.74) is 4.06. The Labute approximate surface area is 110 Å². The number of benzene rings is 1. The Balaban J connectivity index is 2.24. The van der Waals surface area contributed by atoms with Crippen LogP contribution in [0.2, 0.25) is 0 Å². The molecule has 0 fully saturated rings. The van der Waals surface area contributed by atoms with Crippen LogP contribution in [0, 0.1) is 18.3 Å². The van der Waals surface area contributed by atoms with E-state index in [0.29, 0.717) is 11.1 Å². The van der Waals surface area contributed by atoms with Gasteiger partial charge in [-0.2, -0.15) is 10.4 Å². The minimum absolute atomic E-state index is 0.583. The summed E-state index contributed by atoms with van der Waals surface area (Å²) in [6.07, 6.45) is 0. The highest BCUT2D eigenvalue weighted by Crippen LogP contribution is 2.23. The number of nitrogens with zero attached hydrogens (tertiary/aromatic N) is 4. The monoisotopic (exact) mass is 251 g/mol. The van der Waals surface area contributed by atoms with E-state index in [1.807, 2.05) is 36.7 Å². The van der Waals surface area contributed by atoms with Crippen LogP contribution in [0.4, 0.5) is 0 Å². The van der Waals surface area contributed by atoms with Crippen molar-refractivity contribution < 1.29 is 0 Å². The molecule has 2 heterocycles. The van der Waals surface area contributed by atoms with Crippen molar-refractivity contribution in [2.24, 2.45) is 0 Å². The summed E-state index contributed by atoms with van der Waals surface area (Å²) in [4.78, 5) is 7.79. The zero-order valence-electron chi connectivity index (χ0n) is 10.8. The molecule has 0 atom stereocenters. The van der Waals surface area contributed by atoms with Gasteiger partial charge in [0.05, 0.1) is 16.8 Å². The zero-order chi connectivity index (χ0) is 13.4. The average molecular weight is 251 g/mol. The van der Waals surface area contributed by atoms with Crippen molar-refractivity contribution in [2.45, 2.75) is 20.4 Å². The Morgan fingerprint density at radius 3 is 3.00 bits per heavy atom. The summed E-state index contributed by atoms with van der Waals surface area (Å²) in [6, 6.07) is 9.71. The van der Waals surface area contributed by atoms with E-state index < -0.39 is 0 Å². The van der Waals surface area contributed by atoms with Gasteiger partial charge in [0.1, 0.15) is 17.3 Å². The summed E-state index contributed by atoms with van der Waals surface area (Å²) in [6.45, 7) is 4.78. The third kappa shape index (κ3) is 1.78. The molecular weight excluding hydrogens is 238 g/mol. The molecule has 0 aliphatic carbocycles. The topological polar surface area (TPSA) is 70.3 Å². The first-order chi connectivity index (χ1) is 9.22. The molecule has 0 radical (unpaired) electrons. The first kappa shape index (κ1) is 11.5. The lowest BCUT2D eigenvalue weighted by Gasteiger charge is -1.99. The number of nitrogens with one attached hydrogen (secondary N) is 1. The quantitative estimate of drug-likeness (QED) is 0.761. The molecule has 5 heteroatoms. The van der Waals surface area contributed by atoms with Crippen LogP contribution in [0.25, 0.3) is 22.6 Å². The lowest BCUT2D eigenvalue weighted by Crippen LogP contribution is -1.99. The molecule has 3 aromatic rings. The zero-order valence-corrected chi connectivity index (χ0v) is 10.8. The predicted molar refractivity (Wildman–Crippen MR) is 72.4 cm³/mol. The van der Waals surface area contributed by atoms with E-state index in [0.717, 1.165) is 29.3 Å². The molecule has 5 nitrogen and oxygen atoms in total. The predicted octanol–water partition coefficient (Wildman–Crippen LogP) is 2.63. The smallest absolute Gasteiger partial charge is 0.156 e. The molecule has 0 saturated heterocycles. The largest absolute Gasteiger partial charge is 0.337 e. The molecule has 0 unspecified atom stereocenters. The SMILES string of the molecule is CCn1nc(C)cc1-c1nc2c(C#N)cccc2[nH]1. The molecule has 0 spiro atoms. The van der Waals surface area contributed by atoms with E-state index in [1.165, 1.54) is 0 Å². The van der Waals surface area contributed by atoms with Crippen molar-refractivity contribution in [3.05, 3.63) is 35.5 Å². The van der Waals surface area contributed by atoms with Crippen molar-refractivity contribution in [2.75, 3.05) is 0 Å². The molecule has 94 valence electrons. The molecule has 0 amide bonds. The van der Waals surface area contributed by atoms with Crippen molar-refractivity contribution in [1.82, 2.24) is 19.7 Å². The molecule has 2 aromatic heterocycles. The lowest BCUT2D eigenvalue weighted by atomic mass is 10.2. The number of para-hydroxylation sites is 1. The van der Waals surface area contributed by atoms with E-state index in [1.54, 1.807) is 6.07 Å². The molecule has 0 aliphatic heterocycles. The normalized spacial score (nSPS) is 10.8. The summed E-state index contributed by atoms with van der Waals surface area (Å²) in [5.74, 6) is 0.750. The average Bonchev–Trinajstić information content (AvgIpc) is 3.00. The molecule has 0 saturated carbocycles. The van der Waals surface area contributed by atoms with Gasteiger partial charge in [-0.25, -0.2) is 4.98 Å². The van der Waals surface area contributed by atoms with E-state index >= 15 is 0 Å². The first-order valence-electron chi connectivity index (χ1n) is 6.16. The fourth-order valence-corrected chi connectivity index (χ4v) is 2.22. The Hall–Kier alpha value is -2.61. The number of rotatable bonds is 2. The third-order valence-corrected chi connectivity index (χ3v) is 3.08. The van der Waals surface area contributed by atoms with Crippen LogP contribution in [-0.4, -0.2) is 19.7 Å². The molecular formula is C14H13N5. The third-order valence-electron chi connectivity index (χ3n) is 3.08. The maximum Gasteiger partial charge on any atom is 0.156 e. The minimum Gasteiger partial charge on any atom is -0.337 e. The fourth-order valence-electron chi connectivity index (χ4n) is 2.22. The van der Waals surface area contributed by atoms with Gasteiger partial charge >= 0.3 is 0 Å². The van der Waals surface area contributed by atoms with Gasteiger partial charge in [-0.1, -0.05) is 6.07 Å². The van der Waals surface area contributed by atoms with E-state index in [2.05, 4.69) is 21.1 Å². The van der Waals surface area contributed by atoms with Crippen LogP contribution in [0.1, 0.15) is 18.2 Å². The van der Waals surface area contributed by atoms with Crippen LogP contribution in [-0.2, 0) is 6.54 Å². The lowest BCUT2D eigenvalue weighted by molar-refractivity contribution is 0.658. The summed E-state index contributed by atoms with van der Waals surface area (Å²) in [5, 5.41) is 13.5. The number of nitriles is 1. The van der Waals surface area contributed by atoms with E-state index in [-0.39, 0.29) is 0 Å². The van der Waals surface area contributed by atoms with Crippen molar-refractivity contribution in [1.29, 1.82) is 5.26 Å². The maximum absolute atomic E-state index is 9.10. The van der Waals surface area contributed by atoms with E-state index in [9.17, 15) is 0 Å². The number of aromatic amines is 1. The van der Waals surface area contributed by atoms with Crippen LogP contribution < -0.4 is 0 Å². The second-order valence-corrected chi connectivity index (χ2v) is 4.39. The standard InChI is InChI=1S/C14H13N5/c1-3-19-12(7-9(2)18-19)14-16-11-6-4-5-10(8-15)13(11)17-14/h4-7H,3H2,1-2H3,(H,16,17). The van der Waals surface area contributed by atoms with Crippen LogP contribution >= 0.6 is 0 Å². The van der Waals surface area contributed by atoms with Crippen molar-refractivity contribution in [3.8, 4) is 17.6 Å². The number of hydrogen-bond acceptors (Lipinski definition) is 3. The second-order valence-electron chi connectivity index (χ2n) is 4.39. The molecule has 0 bridgehead atoms. The number of H-pyrrole nitrogens is 1. The van der Waals surface area contributed by atoms with Gasteiger partial charge in [-0.15, -0.1) is 0 Å². The number of fused-ring (bicyclic) bond motifs is 1. The number of hydrogen-bond donors (Lipinski definition) is 1. The van der Waals surface area contributed by atoms with Crippen molar-refractivity contribution in [3.63, 3.8) is 0 Å². The fraction of sp³-hybridized carbons (Fsp3) is 0.214. The van der Waals surface area contributed by atoms with Gasteiger partial charge < -0.3 is 4.98 Å². The number of imidazole rings is 1. The van der Waals surface area contributed by atoms with Gasteiger partial charge in [-0.05, 0) is 32.0 Å². The number of aromatic nitrogens is 4. The van der Waals surface area contributed by atoms with Crippen LogP contribution in [0.3, 0.4) is 0 Å². The highest BCUT2D eigenvalue weighted by molar-refractivity contribution is 5.84. The molecule has 1 aromatic carbocycles. The van der Waals surface area contributed by atoms with Crippen LogP contribution in [0.15, 0.2) is 24.3 Å². The summed E-state index contributed by atoms with van der Waals surface area (Å²) < 4.78 is 1.90. The molecule has 0 aliphatic rings. The maximum atomic E-state index is 9.10. The Morgan fingerprint density at radius 1 is 1.42 bits per heavy atom. The van der Waals surface area contributed by atoms with Crippen molar-refractivity contribution >= 4 is 11.0 Å². The Kier molecular flexibility index (Phi) is 2.57. The van der Waals surface area contributed by atoms with Crippen LogP contribution in [0.5, 0.6) is 0 Å². The Morgan fingerprint density at radius 2 is 2.26 bits per heavy atom. The molecule has 19 heavy (non-hydrogen) atoms. The molecule has 1 N–H and O–H groups in total. The Bertz CT molecular complexity index is 788. The summed E-state index contributed by atoms with van der Waals surface area (Å²) >= 11 is 0. The first-order valence-corrected chi connectivity index (χ1v) is 6.16. The van der Waals surface area contributed by atoms with Gasteiger partial charge in [0.25, 0.3) is 0 Å². The highest BCUT2D eigenvalue weighted by atomic mass is 15.3.